The largest absolute Gasteiger partial charge is 0.352 e. The van der Waals surface area contributed by atoms with Crippen LogP contribution in [0.5, 0.6) is 0 Å². The molecule has 0 fully saturated rings. The van der Waals surface area contributed by atoms with E-state index in [1.165, 1.54) is 30.3 Å². The molecule has 0 aromatic heterocycles. The van der Waals surface area contributed by atoms with Crippen molar-refractivity contribution in [3.05, 3.63) is 69.8 Å². The van der Waals surface area contributed by atoms with Crippen molar-refractivity contribution in [1.29, 1.82) is 0 Å². The summed E-state index contributed by atoms with van der Waals surface area (Å²) in [6.07, 6.45) is 0. The van der Waals surface area contributed by atoms with Crippen molar-refractivity contribution >= 4 is 21.6 Å². The number of urea groups is 1. The number of carbonyl (C=O) groups excluding carboxylic acids is 1. The van der Waals surface area contributed by atoms with E-state index in [-0.39, 0.29) is 16.1 Å². The number of hydrogen-bond acceptors (Lipinski definition) is 5. The third-order valence-corrected chi connectivity index (χ3v) is 5.26. The Morgan fingerprint density at radius 2 is 1.83 bits per heavy atom. The van der Waals surface area contributed by atoms with Gasteiger partial charge >= 0.3 is 6.03 Å². The molecular formula is C15H15N3O5S. The van der Waals surface area contributed by atoms with Crippen molar-refractivity contribution in [3.63, 3.8) is 0 Å². The van der Waals surface area contributed by atoms with Gasteiger partial charge in [0.25, 0.3) is 5.69 Å². The summed E-state index contributed by atoms with van der Waals surface area (Å²) in [4.78, 5) is 21.5. The number of nitro groups is 1. The maximum absolute atomic E-state index is 12.8. The second-order valence-corrected chi connectivity index (χ2v) is 7.13. The van der Waals surface area contributed by atoms with Crippen molar-refractivity contribution in [2.24, 2.45) is 5.73 Å². The first-order chi connectivity index (χ1) is 11.2. The fourth-order valence-corrected chi connectivity index (χ4v) is 3.70. The fourth-order valence-electron chi connectivity index (χ4n) is 2.13. The van der Waals surface area contributed by atoms with Gasteiger partial charge in [-0.05, 0) is 24.6 Å². The van der Waals surface area contributed by atoms with Gasteiger partial charge in [-0.15, -0.1) is 0 Å². The summed E-state index contributed by atoms with van der Waals surface area (Å²) in [5.74, 6) is 0. The number of aryl methyl sites for hydroxylation is 1. The number of primary amides is 1. The molecule has 2 aromatic carbocycles. The smallest absolute Gasteiger partial charge is 0.313 e. The molecule has 2 rings (SSSR count). The van der Waals surface area contributed by atoms with E-state index in [1.54, 1.807) is 19.1 Å². The molecule has 2 aromatic rings. The van der Waals surface area contributed by atoms with Gasteiger partial charge in [0, 0.05) is 12.1 Å². The first-order valence-corrected chi connectivity index (χ1v) is 8.37. The summed E-state index contributed by atoms with van der Waals surface area (Å²) in [6.45, 7) is 1.80. The van der Waals surface area contributed by atoms with Gasteiger partial charge in [-0.2, -0.15) is 0 Å². The number of hydrogen-bond donors (Lipinski definition) is 2. The number of carbonyl (C=O) groups is 1. The van der Waals surface area contributed by atoms with Crippen LogP contribution < -0.4 is 11.1 Å². The predicted octanol–water partition coefficient (Wildman–Crippen LogP) is 2.04. The van der Waals surface area contributed by atoms with Gasteiger partial charge in [0.2, 0.25) is 9.84 Å². The summed E-state index contributed by atoms with van der Waals surface area (Å²) in [5, 5.41) is 11.5. The SMILES string of the molecule is Cc1ccc(S(=O)(=O)C(NC(N)=O)c2cccc([N+](=O)[O-])c2)cc1. The molecule has 24 heavy (non-hydrogen) atoms. The molecule has 0 heterocycles. The number of nitrogens with one attached hydrogen (secondary N) is 1. The second-order valence-electron chi connectivity index (χ2n) is 5.10. The third kappa shape index (κ3) is 3.69. The van der Waals surface area contributed by atoms with Gasteiger partial charge in [-0.3, -0.25) is 10.1 Å². The average Bonchev–Trinajstić information content (AvgIpc) is 2.53. The average molecular weight is 349 g/mol. The molecule has 1 unspecified atom stereocenters. The summed E-state index contributed by atoms with van der Waals surface area (Å²) in [5.41, 5.74) is 5.70. The number of benzene rings is 2. The Kier molecular flexibility index (Phi) is 4.84. The fraction of sp³-hybridized carbons (Fsp3) is 0.133. The van der Waals surface area contributed by atoms with E-state index in [4.69, 9.17) is 5.73 Å². The lowest BCUT2D eigenvalue weighted by atomic mass is 10.2. The zero-order valence-electron chi connectivity index (χ0n) is 12.7. The zero-order chi connectivity index (χ0) is 17.9. The molecule has 9 heteroatoms. The monoisotopic (exact) mass is 349 g/mol. The Bertz CT molecular complexity index is 878. The van der Waals surface area contributed by atoms with Crippen molar-refractivity contribution in [2.45, 2.75) is 17.2 Å². The maximum atomic E-state index is 12.8. The van der Waals surface area contributed by atoms with Crippen molar-refractivity contribution < 1.29 is 18.1 Å². The van der Waals surface area contributed by atoms with Crippen molar-refractivity contribution in [3.8, 4) is 0 Å². The maximum Gasteiger partial charge on any atom is 0.313 e. The number of nitrogens with two attached hydrogens (primary N) is 1. The van der Waals surface area contributed by atoms with E-state index in [2.05, 4.69) is 5.32 Å². The van der Waals surface area contributed by atoms with Crippen LogP contribution in [0.2, 0.25) is 0 Å². The number of rotatable bonds is 5. The zero-order valence-corrected chi connectivity index (χ0v) is 13.5. The minimum atomic E-state index is -4.04. The van der Waals surface area contributed by atoms with E-state index >= 15 is 0 Å². The first kappa shape index (κ1) is 17.4. The molecule has 0 aliphatic carbocycles. The molecule has 2 amide bonds. The Hall–Kier alpha value is -2.94. The Labute approximate surface area is 138 Å². The van der Waals surface area contributed by atoms with Gasteiger partial charge in [-0.25, -0.2) is 13.2 Å². The van der Waals surface area contributed by atoms with Crippen LogP contribution in [0.15, 0.2) is 53.4 Å². The number of nitrogens with zero attached hydrogens (tertiary/aromatic N) is 1. The van der Waals surface area contributed by atoms with Gasteiger partial charge < -0.3 is 11.1 Å². The molecule has 0 radical (unpaired) electrons. The highest BCUT2D eigenvalue weighted by atomic mass is 32.2. The normalized spacial score (nSPS) is 12.4. The number of non-ortho nitro benzene ring substituents is 1. The highest BCUT2D eigenvalue weighted by molar-refractivity contribution is 7.91. The molecule has 1 atom stereocenters. The molecule has 0 saturated heterocycles. The minimum Gasteiger partial charge on any atom is -0.352 e. The lowest BCUT2D eigenvalue weighted by Gasteiger charge is -2.18. The third-order valence-electron chi connectivity index (χ3n) is 3.32. The van der Waals surface area contributed by atoms with Crippen LogP contribution in [-0.4, -0.2) is 19.4 Å². The van der Waals surface area contributed by atoms with Crippen LogP contribution in [0.4, 0.5) is 10.5 Å². The lowest BCUT2D eigenvalue weighted by molar-refractivity contribution is -0.384. The highest BCUT2D eigenvalue weighted by Gasteiger charge is 2.31. The van der Waals surface area contributed by atoms with Crippen molar-refractivity contribution in [2.75, 3.05) is 0 Å². The van der Waals surface area contributed by atoms with E-state index in [9.17, 15) is 23.3 Å². The summed E-state index contributed by atoms with van der Waals surface area (Å²) in [7, 11) is -4.04. The van der Waals surface area contributed by atoms with Crippen LogP contribution >= 0.6 is 0 Å². The molecule has 126 valence electrons. The lowest BCUT2D eigenvalue weighted by Crippen LogP contribution is -2.37. The van der Waals surface area contributed by atoms with Gasteiger partial charge in [0.05, 0.1) is 9.82 Å². The van der Waals surface area contributed by atoms with Crippen LogP contribution in [0, 0.1) is 17.0 Å². The van der Waals surface area contributed by atoms with Gasteiger partial charge in [0.1, 0.15) is 0 Å². The molecular weight excluding hydrogens is 334 g/mol. The van der Waals surface area contributed by atoms with Crippen LogP contribution in [0.3, 0.4) is 0 Å². The molecule has 0 bridgehead atoms. The predicted molar refractivity (Wildman–Crippen MR) is 86.9 cm³/mol. The first-order valence-electron chi connectivity index (χ1n) is 6.82. The number of sulfone groups is 1. The quantitative estimate of drug-likeness (QED) is 0.629. The van der Waals surface area contributed by atoms with Crippen LogP contribution in [-0.2, 0) is 9.84 Å². The Balaban J connectivity index is 2.56. The van der Waals surface area contributed by atoms with E-state index < -0.39 is 26.2 Å². The minimum absolute atomic E-state index is 0.0293. The summed E-state index contributed by atoms with van der Waals surface area (Å²) < 4.78 is 25.6. The highest BCUT2D eigenvalue weighted by Crippen LogP contribution is 2.29. The van der Waals surface area contributed by atoms with E-state index in [1.807, 2.05) is 0 Å². The molecule has 0 aliphatic heterocycles. The molecule has 3 N–H and O–H groups in total. The van der Waals surface area contributed by atoms with Crippen LogP contribution in [0.1, 0.15) is 16.5 Å². The molecule has 0 saturated carbocycles. The molecule has 0 spiro atoms. The number of amides is 2. The topological polar surface area (TPSA) is 132 Å². The Morgan fingerprint density at radius 1 is 1.21 bits per heavy atom. The summed E-state index contributed by atoms with van der Waals surface area (Å²) >= 11 is 0. The molecule has 0 aliphatic rings. The number of nitro benzene ring substituents is 1. The Morgan fingerprint density at radius 3 is 2.38 bits per heavy atom. The molecule has 8 nitrogen and oxygen atoms in total. The van der Waals surface area contributed by atoms with E-state index in [0.717, 1.165) is 11.6 Å². The second kappa shape index (κ2) is 6.67. The van der Waals surface area contributed by atoms with Crippen LogP contribution in [0.25, 0.3) is 0 Å². The van der Waals surface area contributed by atoms with E-state index in [0.29, 0.717) is 0 Å². The summed E-state index contributed by atoms with van der Waals surface area (Å²) in [6, 6.07) is 10.0. The van der Waals surface area contributed by atoms with Gasteiger partial charge in [-0.1, -0.05) is 29.8 Å². The van der Waals surface area contributed by atoms with Crippen molar-refractivity contribution in [1.82, 2.24) is 5.32 Å². The standard InChI is InChI=1S/C15H15N3O5S/c1-10-5-7-13(8-6-10)24(22,23)14(17-15(16)19)11-3-2-4-12(9-11)18(20)21/h2-9,14H,1H3,(H3,16,17,19). The van der Waals surface area contributed by atoms with Gasteiger partial charge in [0.15, 0.2) is 5.37 Å².